The highest BCUT2D eigenvalue weighted by atomic mass is 16.6. The Hall–Kier alpha value is -1.46. The number of hydrogen-bond donors (Lipinski definition) is 0. The molecule has 0 saturated heterocycles. The molecule has 0 aromatic rings. The molecule has 0 heterocycles. The highest BCUT2D eigenvalue weighted by molar-refractivity contribution is 4.89. The number of nitrogens with zero attached hydrogens (tertiary/aromatic N) is 2. The van der Waals surface area contributed by atoms with Gasteiger partial charge in [-0.15, -0.1) is 0 Å². The van der Waals surface area contributed by atoms with Gasteiger partial charge in [-0.3, -0.25) is 20.2 Å². The van der Waals surface area contributed by atoms with E-state index in [0.717, 1.165) is 19.3 Å². The number of rotatable bonds is 8. The molecule has 0 aliphatic carbocycles. The molecule has 0 aliphatic heterocycles. The maximum absolute atomic E-state index is 10.4. The Labute approximate surface area is 88.3 Å². The molecule has 0 aliphatic rings. The van der Waals surface area contributed by atoms with Gasteiger partial charge in [0.25, 0.3) is 0 Å². The summed E-state index contributed by atoms with van der Waals surface area (Å²) >= 11 is 0. The molecule has 0 aromatic heterocycles. The molecule has 15 heavy (non-hydrogen) atoms. The summed E-state index contributed by atoms with van der Waals surface area (Å²) in [4.78, 5) is 19.6. The number of hydrogen-bond acceptors (Lipinski definition) is 4. The van der Waals surface area contributed by atoms with Gasteiger partial charge >= 0.3 is 0 Å². The molecule has 86 valence electrons. The monoisotopic (exact) mass is 216 g/mol. The predicted molar refractivity (Wildman–Crippen MR) is 55.6 cm³/mol. The second-order valence-electron chi connectivity index (χ2n) is 3.46. The van der Waals surface area contributed by atoms with Gasteiger partial charge in [-0.2, -0.15) is 0 Å². The molecule has 0 saturated carbocycles. The van der Waals surface area contributed by atoms with Crippen molar-refractivity contribution in [2.75, 3.05) is 6.54 Å². The summed E-state index contributed by atoms with van der Waals surface area (Å²) in [7, 11) is 0. The van der Waals surface area contributed by atoms with Crippen molar-refractivity contribution in [3.05, 3.63) is 32.5 Å². The third-order valence-corrected chi connectivity index (χ3v) is 2.23. The van der Waals surface area contributed by atoms with Crippen LogP contribution in [0.5, 0.6) is 0 Å². The van der Waals surface area contributed by atoms with E-state index in [4.69, 9.17) is 0 Å². The van der Waals surface area contributed by atoms with Crippen LogP contribution in [0.25, 0.3) is 0 Å². The Kier molecular flexibility index (Phi) is 6.24. The van der Waals surface area contributed by atoms with E-state index >= 15 is 0 Å². The minimum atomic E-state index is -0.637. The first-order valence-corrected chi connectivity index (χ1v) is 4.94. The fraction of sp³-hybridized carbons (Fsp3) is 0.778. The lowest BCUT2D eigenvalue weighted by atomic mass is 9.99. The van der Waals surface area contributed by atoms with E-state index in [1.54, 1.807) is 0 Å². The first-order valence-electron chi connectivity index (χ1n) is 4.94. The summed E-state index contributed by atoms with van der Waals surface area (Å²) in [6.45, 7) is 4.89. The minimum absolute atomic E-state index is 0.247. The fourth-order valence-corrected chi connectivity index (χ4v) is 1.33. The van der Waals surface area contributed by atoms with Crippen LogP contribution in [0.2, 0.25) is 0 Å². The van der Waals surface area contributed by atoms with E-state index in [1.165, 1.54) is 0 Å². The van der Waals surface area contributed by atoms with Gasteiger partial charge in [0.2, 0.25) is 12.2 Å². The van der Waals surface area contributed by atoms with Gasteiger partial charge in [0, 0.05) is 4.92 Å². The molecule has 0 radical (unpaired) electrons. The lowest BCUT2D eigenvalue weighted by molar-refractivity contribution is -0.501. The quantitative estimate of drug-likeness (QED) is 0.353. The molecule has 0 amide bonds. The van der Waals surface area contributed by atoms with Crippen molar-refractivity contribution in [3.63, 3.8) is 0 Å². The molecular weight excluding hydrogens is 200 g/mol. The topological polar surface area (TPSA) is 86.3 Å². The van der Waals surface area contributed by atoms with E-state index in [9.17, 15) is 20.2 Å². The van der Waals surface area contributed by atoms with Crippen molar-refractivity contribution in [1.29, 1.82) is 0 Å². The van der Waals surface area contributed by atoms with Crippen LogP contribution < -0.4 is 0 Å². The minimum Gasteiger partial charge on any atom is -0.265 e. The Morgan fingerprint density at radius 2 is 1.93 bits per heavy atom. The Balaban J connectivity index is 4.24. The van der Waals surface area contributed by atoms with E-state index in [1.807, 2.05) is 6.92 Å². The van der Waals surface area contributed by atoms with Crippen molar-refractivity contribution in [1.82, 2.24) is 0 Å². The molecule has 6 heteroatoms. The Bertz CT molecular complexity index is 252. The van der Waals surface area contributed by atoms with Gasteiger partial charge in [-0.1, -0.05) is 26.2 Å². The van der Waals surface area contributed by atoms with Crippen LogP contribution in [0.3, 0.4) is 0 Å². The third kappa shape index (κ3) is 5.77. The Morgan fingerprint density at radius 3 is 2.33 bits per heavy atom. The van der Waals surface area contributed by atoms with E-state index < -0.39 is 22.3 Å². The van der Waals surface area contributed by atoms with Crippen molar-refractivity contribution >= 4 is 0 Å². The van der Waals surface area contributed by atoms with Gasteiger partial charge in [0.15, 0.2) is 0 Å². The second-order valence-corrected chi connectivity index (χ2v) is 3.46. The van der Waals surface area contributed by atoms with Crippen LogP contribution in [0.1, 0.15) is 32.6 Å². The molecule has 0 bridgehead atoms. The highest BCUT2D eigenvalue weighted by Gasteiger charge is 2.26. The summed E-state index contributed by atoms with van der Waals surface area (Å²) < 4.78 is 0. The molecule has 0 rings (SSSR count). The second kappa shape index (κ2) is 6.92. The van der Waals surface area contributed by atoms with E-state index in [0.29, 0.717) is 6.42 Å². The standard InChI is InChI=1S/C9H16N2O4/c1-3-4-5-6-9(7-10(12)13)8(2)11(14)15/h9H,2-7H2,1H3. The smallest absolute Gasteiger partial charge is 0.248 e. The first-order chi connectivity index (χ1) is 6.99. The van der Waals surface area contributed by atoms with Crippen LogP contribution in [0.4, 0.5) is 0 Å². The largest absolute Gasteiger partial charge is 0.265 e. The summed E-state index contributed by atoms with van der Waals surface area (Å²) in [5.41, 5.74) is -0.247. The molecule has 0 fully saturated rings. The maximum atomic E-state index is 10.4. The molecule has 0 aromatic carbocycles. The van der Waals surface area contributed by atoms with E-state index in [2.05, 4.69) is 6.58 Å². The summed E-state index contributed by atoms with van der Waals surface area (Å²) in [5, 5.41) is 20.7. The van der Waals surface area contributed by atoms with Gasteiger partial charge in [0.05, 0.1) is 4.92 Å². The molecule has 6 nitrogen and oxygen atoms in total. The van der Waals surface area contributed by atoms with Crippen molar-refractivity contribution in [2.45, 2.75) is 32.6 Å². The zero-order chi connectivity index (χ0) is 11.8. The fourth-order valence-electron chi connectivity index (χ4n) is 1.33. The lowest BCUT2D eigenvalue weighted by Gasteiger charge is -2.08. The van der Waals surface area contributed by atoms with Crippen LogP contribution in [-0.2, 0) is 0 Å². The zero-order valence-electron chi connectivity index (χ0n) is 8.85. The summed E-state index contributed by atoms with van der Waals surface area (Å²) in [6.07, 6.45) is 3.14. The normalized spacial score (nSPS) is 12.1. The van der Waals surface area contributed by atoms with Gasteiger partial charge < -0.3 is 0 Å². The zero-order valence-corrected chi connectivity index (χ0v) is 8.85. The first kappa shape index (κ1) is 13.5. The summed E-state index contributed by atoms with van der Waals surface area (Å²) in [6, 6.07) is 0. The van der Waals surface area contributed by atoms with Crippen LogP contribution >= 0.6 is 0 Å². The van der Waals surface area contributed by atoms with Crippen LogP contribution in [0, 0.1) is 26.1 Å². The van der Waals surface area contributed by atoms with E-state index in [-0.39, 0.29) is 5.70 Å². The molecule has 0 N–H and O–H groups in total. The molecule has 1 unspecified atom stereocenters. The average molecular weight is 216 g/mol. The van der Waals surface area contributed by atoms with Crippen molar-refractivity contribution < 1.29 is 9.85 Å². The van der Waals surface area contributed by atoms with Gasteiger partial charge in [-0.25, -0.2) is 0 Å². The van der Waals surface area contributed by atoms with Gasteiger partial charge in [-0.05, 0) is 13.0 Å². The van der Waals surface area contributed by atoms with Crippen LogP contribution in [0.15, 0.2) is 12.3 Å². The van der Waals surface area contributed by atoms with Crippen molar-refractivity contribution in [3.8, 4) is 0 Å². The van der Waals surface area contributed by atoms with Crippen molar-refractivity contribution in [2.24, 2.45) is 5.92 Å². The molecule has 1 atom stereocenters. The summed E-state index contributed by atoms with van der Waals surface area (Å²) in [5.74, 6) is -0.637. The lowest BCUT2D eigenvalue weighted by Crippen LogP contribution is -2.20. The number of unbranched alkanes of at least 4 members (excludes halogenated alkanes) is 2. The average Bonchev–Trinajstić information content (AvgIpc) is 2.14. The number of nitro groups is 2. The Morgan fingerprint density at radius 1 is 1.33 bits per heavy atom. The SMILES string of the molecule is C=C(C(CCCCC)C[N+](=O)[O-])[N+](=O)[O-]. The predicted octanol–water partition coefficient (Wildman–Crippen LogP) is 2.25. The maximum Gasteiger partial charge on any atom is 0.248 e. The molecule has 0 spiro atoms. The van der Waals surface area contributed by atoms with Crippen LogP contribution in [-0.4, -0.2) is 16.4 Å². The molecular formula is C9H16N2O4. The third-order valence-electron chi connectivity index (χ3n) is 2.23. The highest BCUT2D eigenvalue weighted by Crippen LogP contribution is 2.18. The van der Waals surface area contributed by atoms with Gasteiger partial charge in [0.1, 0.15) is 5.92 Å².